The first kappa shape index (κ1) is 17.0. The van der Waals surface area contributed by atoms with E-state index < -0.39 is 23.6 Å². The number of esters is 1. The number of halogens is 1. The van der Waals surface area contributed by atoms with E-state index in [0.717, 1.165) is 4.88 Å². The number of methoxy groups -OCH3 is 1. The first-order valence-corrected chi connectivity index (χ1v) is 8.69. The lowest BCUT2D eigenvalue weighted by Crippen LogP contribution is -2.32. The number of nitrogens with one attached hydrogen (secondary N) is 1. The number of rotatable bonds is 4. The fourth-order valence-corrected chi connectivity index (χ4v) is 3.67. The largest absolute Gasteiger partial charge is 0.464 e. The quantitative estimate of drug-likeness (QED) is 0.543. The van der Waals surface area contributed by atoms with Crippen LogP contribution >= 0.6 is 11.3 Å². The van der Waals surface area contributed by atoms with E-state index in [0.29, 0.717) is 0 Å². The molecule has 0 saturated heterocycles. The highest BCUT2D eigenvalue weighted by molar-refractivity contribution is 7.10. The van der Waals surface area contributed by atoms with Crippen LogP contribution in [0, 0.1) is 5.82 Å². The van der Waals surface area contributed by atoms with E-state index in [4.69, 9.17) is 4.74 Å². The van der Waals surface area contributed by atoms with Crippen LogP contribution in [0.1, 0.15) is 21.3 Å². The van der Waals surface area contributed by atoms with Crippen molar-refractivity contribution in [3.8, 4) is 0 Å². The second-order valence-electron chi connectivity index (χ2n) is 5.61. The van der Waals surface area contributed by atoms with Crippen molar-refractivity contribution in [1.29, 1.82) is 0 Å². The van der Waals surface area contributed by atoms with Gasteiger partial charge in [0.05, 0.1) is 12.7 Å². The maximum atomic E-state index is 13.3. The molecule has 10 heteroatoms. The van der Waals surface area contributed by atoms with E-state index in [2.05, 4.69) is 20.8 Å². The number of benzene rings is 1. The van der Waals surface area contributed by atoms with Crippen LogP contribution in [0.15, 0.2) is 53.0 Å². The molecular formula is C17H12FN5O3S. The van der Waals surface area contributed by atoms with Crippen molar-refractivity contribution in [2.24, 2.45) is 0 Å². The summed E-state index contributed by atoms with van der Waals surface area (Å²) in [5, 5.41) is 16.1. The number of ketones is 1. The van der Waals surface area contributed by atoms with Gasteiger partial charge in [-0.05, 0) is 46.1 Å². The van der Waals surface area contributed by atoms with Gasteiger partial charge in [0.25, 0.3) is 0 Å². The lowest BCUT2D eigenvalue weighted by Gasteiger charge is -2.27. The molecule has 1 aromatic carbocycles. The molecule has 1 aliphatic heterocycles. The molecule has 0 fully saturated rings. The number of aromatic nitrogens is 4. The Bertz CT molecular complexity index is 1040. The van der Waals surface area contributed by atoms with Crippen LogP contribution < -0.4 is 5.32 Å². The molecule has 8 nitrogen and oxygen atoms in total. The number of hydrogen-bond acceptors (Lipinski definition) is 8. The summed E-state index contributed by atoms with van der Waals surface area (Å²) < 4.78 is 19.5. The van der Waals surface area contributed by atoms with E-state index in [1.807, 2.05) is 17.5 Å². The van der Waals surface area contributed by atoms with Crippen molar-refractivity contribution in [2.75, 3.05) is 12.4 Å². The van der Waals surface area contributed by atoms with Crippen molar-refractivity contribution >= 4 is 29.0 Å². The van der Waals surface area contributed by atoms with Crippen molar-refractivity contribution in [3.05, 3.63) is 69.3 Å². The molecule has 2 aromatic heterocycles. The summed E-state index contributed by atoms with van der Waals surface area (Å²) in [5.41, 5.74) is 0.302. The monoisotopic (exact) mass is 385 g/mol. The topological polar surface area (TPSA) is 99.0 Å². The third kappa shape index (κ3) is 2.89. The maximum absolute atomic E-state index is 13.3. The van der Waals surface area contributed by atoms with E-state index in [9.17, 15) is 14.0 Å². The van der Waals surface area contributed by atoms with Gasteiger partial charge in [-0.15, -0.1) is 11.3 Å². The Morgan fingerprint density at radius 3 is 2.70 bits per heavy atom. The van der Waals surface area contributed by atoms with Crippen molar-refractivity contribution in [2.45, 2.75) is 6.04 Å². The van der Waals surface area contributed by atoms with Crippen molar-refractivity contribution < 1.29 is 18.7 Å². The number of Topliss-reactive ketones (excluding diaryl/α,β-unsaturated/α-hetero) is 1. The van der Waals surface area contributed by atoms with Crippen molar-refractivity contribution in [3.63, 3.8) is 0 Å². The highest BCUT2D eigenvalue weighted by atomic mass is 32.1. The smallest absolute Gasteiger partial charge is 0.355 e. The van der Waals surface area contributed by atoms with E-state index in [1.165, 1.54) is 47.4 Å². The molecule has 136 valence electrons. The Labute approximate surface area is 156 Å². The van der Waals surface area contributed by atoms with Crippen LogP contribution in [0.4, 0.5) is 10.3 Å². The van der Waals surface area contributed by atoms with Crippen LogP contribution in [0.5, 0.6) is 0 Å². The normalized spacial score (nSPS) is 15.9. The number of hydrogen-bond donors (Lipinski definition) is 1. The van der Waals surface area contributed by atoms with Gasteiger partial charge in [-0.3, -0.25) is 4.79 Å². The van der Waals surface area contributed by atoms with Gasteiger partial charge in [-0.2, -0.15) is 4.68 Å². The molecule has 3 aromatic rings. The molecule has 1 aliphatic rings. The van der Waals surface area contributed by atoms with Crippen LogP contribution in [0.2, 0.25) is 0 Å². The Morgan fingerprint density at radius 1 is 1.26 bits per heavy atom. The van der Waals surface area contributed by atoms with Crippen LogP contribution in [-0.2, 0) is 9.53 Å². The predicted octanol–water partition coefficient (Wildman–Crippen LogP) is 2.20. The zero-order chi connectivity index (χ0) is 19.0. The molecule has 27 heavy (non-hydrogen) atoms. The lowest BCUT2D eigenvalue weighted by molar-refractivity contribution is -0.136. The second-order valence-corrected chi connectivity index (χ2v) is 6.59. The molecule has 0 unspecified atom stereocenters. The van der Waals surface area contributed by atoms with Gasteiger partial charge < -0.3 is 10.1 Å². The molecule has 0 spiro atoms. The molecule has 0 radical (unpaired) electrons. The summed E-state index contributed by atoms with van der Waals surface area (Å²) in [7, 11) is 1.22. The fraction of sp³-hybridized carbons (Fsp3) is 0.118. The minimum absolute atomic E-state index is 0.0486. The number of allylic oxidation sites excluding steroid dienone is 1. The number of tetrazole rings is 1. The molecule has 1 N–H and O–H groups in total. The van der Waals surface area contributed by atoms with Gasteiger partial charge in [0.2, 0.25) is 5.95 Å². The summed E-state index contributed by atoms with van der Waals surface area (Å²) >= 11 is 1.39. The number of fused-ring (bicyclic) bond motifs is 1. The Kier molecular flexibility index (Phi) is 4.24. The van der Waals surface area contributed by atoms with E-state index >= 15 is 0 Å². The van der Waals surface area contributed by atoms with E-state index in [-0.39, 0.29) is 22.8 Å². The van der Waals surface area contributed by atoms with Gasteiger partial charge >= 0.3 is 5.97 Å². The highest BCUT2D eigenvalue weighted by Crippen LogP contribution is 2.38. The van der Waals surface area contributed by atoms with E-state index in [1.54, 1.807) is 0 Å². The molecule has 0 bridgehead atoms. The number of carbonyl (C=O) groups excluding carboxylic acids is 2. The van der Waals surface area contributed by atoms with Crippen LogP contribution in [0.3, 0.4) is 0 Å². The molecule has 0 amide bonds. The number of nitrogens with zero attached hydrogens (tertiary/aromatic N) is 4. The summed E-state index contributed by atoms with van der Waals surface area (Å²) in [4.78, 5) is 26.4. The molecule has 0 saturated carbocycles. The molecule has 1 atom stereocenters. The number of ether oxygens (including phenoxy) is 1. The summed E-state index contributed by atoms with van der Waals surface area (Å²) in [6.45, 7) is 0. The summed E-state index contributed by atoms with van der Waals surface area (Å²) in [6, 6.07) is 8.01. The average molecular weight is 385 g/mol. The van der Waals surface area contributed by atoms with Crippen LogP contribution in [-0.4, -0.2) is 39.1 Å². The SMILES string of the molecule is COC(=O)C1=C(C(=O)c2ccc(F)cc2)[C@H](c2cccs2)n2nnnc2N1. The molecule has 4 rings (SSSR count). The predicted molar refractivity (Wildman–Crippen MR) is 93.7 cm³/mol. The average Bonchev–Trinajstić information content (AvgIpc) is 3.37. The zero-order valence-corrected chi connectivity index (χ0v) is 14.7. The van der Waals surface area contributed by atoms with Gasteiger partial charge in [0.1, 0.15) is 17.6 Å². The summed E-state index contributed by atoms with van der Waals surface area (Å²) in [5.74, 6) is -1.43. The Balaban J connectivity index is 1.93. The van der Waals surface area contributed by atoms with Gasteiger partial charge in [-0.1, -0.05) is 11.2 Å². The fourth-order valence-electron chi connectivity index (χ4n) is 2.86. The molecular weight excluding hydrogens is 373 g/mol. The molecule has 0 aliphatic carbocycles. The minimum atomic E-state index is -0.726. The number of carbonyl (C=O) groups is 2. The zero-order valence-electron chi connectivity index (χ0n) is 13.9. The standard InChI is InChI=1S/C17H12FN5O3S/c1-26-16(25)13-12(15(24)9-4-6-10(18)7-5-9)14(11-3-2-8-27-11)23-17(19-13)20-21-22-23/h2-8,14H,1H3,(H,19,20,22)/t14-/m0/s1. The van der Waals surface area contributed by atoms with Gasteiger partial charge in [-0.25, -0.2) is 9.18 Å². The van der Waals surface area contributed by atoms with Crippen molar-refractivity contribution in [1.82, 2.24) is 20.2 Å². The number of anilines is 1. The Hall–Kier alpha value is -3.40. The molecule has 3 heterocycles. The summed E-state index contributed by atoms with van der Waals surface area (Å²) in [6.07, 6.45) is 0. The van der Waals surface area contributed by atoms with Gasteiger partial charge in [0, 0.05) is 10.4 Å². The minimum Gasteiger partial charge on any atom is -0.464 e. The first-order valence-electron chi connectivity index (χ1n) is 7.81. The first-order chi connectivity index (χ1) is 13.1. The number of thiophene rings is 1. The maximum Gasteiger partial charge on any atom is 0.355 e. The van der Waals surface area contributed by atoms with Gasteiger partial charge in [0.15, 0.2) is 5.78 Å². The van der Waals surface area contributed by atoms with Crippen LogP contribution in [0.25, 0.3) is 0 Å². The Morgan fingerprint density at radius 2 is 2.04 bits per heavy atom. The highest BCUT2D eigenvalue weighted by Gasteiger charge is 2.38. The lowest BCUT2D eigenvalue weighted by atomic mass is 9.93. The third-order valence-electron chi connectivity index (χ3n) is 4.07. The second kappa shape index (κ2) is 6.72. The third-order valence-corrected chi connectivity index (χ3v) is 4.99.